The second-order valence-corrected chi connectivity index (χ2v) is 11.0. The monoisotopic (exact) mass is 562 g/mol. The zero-order chi connectivity index (χ0) is 29.2. The number of carbonyl (C=O) groups excluding carboxylic acids is 2. The van der Waals surface area contributed by atoms with Gasteiger partial charge in [-0.2, -0.15) is 0 Å². The lowest BCUT2D eigenvalue weighted by Gasteiger charge is -2.39. The third kappa shape index (κ3) is 5.52. The number of hydrogen-bond acceptors (Lipinski definition) is 6. The highest BCUT2D eigenvalue weighted by atomic mass is 16.7. The highest BCUT2D eigenvalue weighted by Gasteiger charge is 2.37. The lowest BCUT2D eigenvalue weighted by atomic mass is 9.99. The van der Waals surface area contributed by atoms with Gasteiger partial charge in [-0.1, -0.05) is 78.9 Å². The summed E-state index contributed by atoms with van der Waals surface area (Å²) in [4.78, 5) is 29.5. The van der Waals surface area contributed by atoms with E-state index in [0.29, 0.717) is 29.8 Å². The number of ether oxygens (including phenoxy) is 2. The summed E-state index contributed by atoms with van der Waals surface area (Å²) in [6.45, 7) is 2.88. The Morgan fingerprint density at radius 2 is 1.40 bits per heavy atom. The van der Waals surface area contributed by atoms with E-state index in [1.165, 1.54) is 10.5 Å². The first-order valence-corrected chi connectivity index (χ1v) is 14.3. The van der Waals surface area contributed by atoms with Crippen LogP contribution in [0.25, 0.3) is 0 Å². The summed E-state index contributed by atoms with van der Waals surface area (Å²) >= 11 is 0. The number of carbonyl (C=O) groups is 2. The summed E-state index contributed by atoms with van der Waals surface area (Å²) in [7, 11) is 2.10. The van der Waals surface area contributed by atoms with Crippen molar-refractivity contribution in [1.82, 2.24) is 4.90 Å². The van der Waals surface area contributed by atoms with Gasteiger partial charge >= 0.3 is 0 Å². The van der Waals surface area contributed by atoms with E-state index in [9.17, 15) is 14.7 Å². The molecule has 1 saturated heterocycles. The molecule has 4 atom stereocenters. The lowest BCUT2D eigenvalue weighted by Crippen LogP contribution is -2.38. The highest BCUT2D eigenvalue weighted by molar-refractivity contribution is 6.34. The van der Waals surface area contributed by atoms with Crippen LogP contribution < -0.4 is 4.90 Å². The minimum Gasteiger partial charge on any atom is -0.392 e. The van der Waals surface area contributed by atoms with Gasteiger partial charge in [0.15, 0.2) is 6.29 Å². The van der Waals surface area contributed by atoms with Gasteiger partial charge in [0.2, 0.25) is 0 Å². The van der Waals surface area contributed by atoms with Gasteiger partial charge in [0.25, 0.3) is 11.8 Å². The largest absolute Gasteiger partial charge is 0.392 e. The Kier molecular flexibility index (Phi) is 8.00. The van der Waals surface area contributed by atoms with Crippen molar-refractivity contribution in [2.45, 2.75) is 44.5 Å². The molecule has 0 spiro atoms. The topological polar surface area (TPSA) is 79.3 Å². The van der Waals surface area contributed by atoms with Gasteiger partial charge < -0.3 is 14.6 Å². The summed E-state index contributed by atoms with van der Waals surface area (Å²) in [6.07, 6.45) is -0.285. The number of anilines is 1. The molecule has 0 aliphatic carbocycles. The standard InChI is InChI=1S/C35H34N2O5/c1-23(25-8-4-3-5-9-25)36(2)21-29-20-32(26-14-12-24(22-38)13-15-26)42-35(41-29)27-16-18-28(19-17-27)37-33(39)30-10-6-7-11-31(30)34(37)40/h3-19,23,29,32,35,38H,20-22H2,1-2H3/t23-,29-,32+,35+/m0/s1. The van der Waals surface area contributed by atoms with Gasteiger partial charge in [0, 0.05) is 24.6 Å². The summed E-state index contributed by atoms with van der Waals surface area (Å²) in [5, 5.41) is 9.50. The van der Waals surface area contributed by atoms with Crippen LogP contribution in [-0.4, -0.2) is 41.5 Å². The average molecular weight is 563 g/mol. The molecule has 214 valence electrons. The van der Waals surface area contributed by atoms with Crippen molar-refractivity contribution in [3.05, 3.63) is 137 Å². The number of likely N-dealkylation sites (N-methyl/N-ethyl adjacent to an activating group) is 1. The molecule has 2 aliphatic rings. The maximum Gasteiger partial charge on any atom is 0.266 e. The van der Waals surface area contributed by atoms with Crippen molar-refractivity contribution in [3.8, 4) is 0 Å². The maximum atomic E-state index is 13.0. The normalized spacial score (nSPS) is 21.0. The quantitative estimate of drug-likeness (QED) is 0.257. The van der Waals surface area contributed by atoms with Crippen molar-refractivity contribution in [1.29, 1.82) is 0 Å². The van der Waals surface area contributed by atoms with Crippen LogP contribution in [0, 0.1) is 0 Å². The Hall–Kier alpha value is -4.14. The molecule has 1 fully saturated rings. The zero-order valence-electron chi connectivity index (χ0n) is 23.7. The molecular formula is C35H34N2O5. The number of aliphatic hydroxyl groups is 1. The third-order valence-electron chi connectivity index (χ3n) is 8.27. The summed E-state index contributed by atoms with van der Waals surface area (Å²) in [5.41, 5.74) is 5.24. The zero-order valence-corrected chi connectivity index (χ0v) is 23.7. The second-order valence-electron chi connectivity index (χ2n) is 11.0. The fourth-order valence-corrected chi connectivity index (χ4v) is 5.70. The molecule has 0 aromatic heterocycles. The Labute approximate surface area is 245 Å². The smallest absolute Gasteiger partial charge is 0.266 e. The minimum atomic E-state index is -0.636. The van der Waals surface area contributed by atoms with Gasteiger partial charge in [-0.3, -0.25) is 14.5 Å². The first-order chi connectivity index (χ1) is 20.4. The molecule has 0 radical (unpaired) electrons. The van der Waals surface area contributed by atoms with Crippen LogP contribution in [0.15, 0.2) is 103 Å². The van der Waals surface area contributed by atoms with Crippen molar-refractivity contribution >= 4 is 17.5 Å². The molecule has 1 N–H and O–H groups in total. The molecule has 0 bridgehead atoms. The fourth-order valence-electron chi connectivity index (χ4n) is 5.70. The summed E-state index contributed by atoms with van der Waals surface area (Å²) in [5.74, 6) is -0.647. The molecule has 0 unspecified atom stereocenters. The predicted octanol–water partition coefficient (Wildman–Crippen LogP) is 6.22. The number of amides is 2. The molecule has 42 heavy (non-hydrogen) atoms. The Morgan fingerprint density at radius 3 is 2.02 bits per heavy atom. The van der Waals surface area contributed by atoms with Crippen molar-refractivity contribution < 1.29 is 24.2 Å². The Balaban J connectivity index is 1.23. The van der Waals surface area contributed by atoms with E-state index in [4.69, 9.17) is 9.47 Å². The van der Waals surface area contributed by atoms with E-state index in [0.717, 1.165) is 16.7 Å². The summed E-state index contributed by atoms with van der Waals surface area (Å²) in [6, 6.07) is 32.5. The highest BCUT2D eigenvalue weighted by Crippen LogP contribution is 2.39. The molecule has 7 heteroatoms. The average Bonchev–Trinajstić information content (AvgIpc) is 3.30. The number of aliphatic hydroxyl groups excluding tert-OH is 1. The van der Waals surface area contributed by atoms with Crippen LogP contribution >= 0.6 is 0 Å². The molecule has 2 heterocycles. The molecule has 2 amide bonds. The maximum absolute atomic E-state index is 13.0. The number of hydrogen-bond donors (Lipinski definition) is 1. The minimum absolute atomic E-state index is 0.0121. The number of fused-ring (bicyclic) bond motifs is 1. The number of nitrogens with zero attached hydrogens (tertiary/aromatic N) is 2. The van der Waals surface area contributed by atoms with Gasteiger partial charge in [0.05, 0.1) is 35.6 Å². The molecule has 6 rings (SSSR count). The van der Waals surface area contributed by atoms with E-state index >= 15 is 0 Å². The third-order valence-corrected chi connectivity index (χ3v) is 8.27. The molecule has 2 aliphatic heterocycles. The SMILES string of the molecule is C[C@@H](c1ccccc1)N(C)C[C@@H]1C[C@H](c2ccc(CO)cc2)O[C@H](c2ccc(N3C(=O)c4ccccc4C3=O)cc2)O1. The Morgan fingerprint density at radius 1 is 0.810 bits per heavy atom. The molecular weight excluding hydrogens is 528 g/mol. The number of benzene rings is 4. The van der Waals surface area contributed by atoms with E-state index in [-0.39, 0.29) is 36.7 Å². The van der Waals surface area contributed by atoms with E-state index in [2.05, 4.69) is 43.1 Å². The first-order valence-electron chi connectivity index (χ1n) is 14.3. The lowest BCUT2D eigenvalue weighted by molar-refractivity contribution is -0.253. The molecule has 0 saturated carbocycles. The second kappa shape index (κ2) is 12.0. The van der Waals surface area contributed by atoms with Crippen LogP contribution in [-0.2, 0) is 16.1 Å². The Bertz CT molecular complexity index is 1520. The fraction of sp³-hybridized carbons (Fsp3) is 0.257. The number of imide groups is 1. The van der Waals surface area contributed by atoms with E-state index < -0.39 is 6.29 Å². The van der Waals surface area contributed by atoms with Crippen molar-refractivity contribution in [2.75, 3.05) is 18.5 Å². The van der Waals surface area contributed by atoms with Crippen LogP contribution in [0.1, 0.15) is 74.8 Å². The summed E-state index contributed by atoms with van der Waals surface area (Å²) < 4.78 is 13.0. The predicted molar refractivity (Wildman–Crippen MR) is 160 cm³/mol. The van der Waals surface area contributed by atoms with Crippen LogP contribution in [0.3, 0.4) is 0 Å². The van der Waals surface area contributed by atoms with Crippen LogP contribution in [0.5, 0.6) is 0 Å². The molecule has 4 aromatic rings. The molecule has 7 nitrogen and oxygen atoms in total. The van der Waals surface area contributed by atoms with Gasteiger partial charge in [-0.05, 0) is 54.9 Å². The first kappa shape index (κ1) is 28.0. The van der Waals surface area contributed by atoms with Crippen molar-refractivity contribution in [3.63, 3.8) is 0 Å². The van der Waals surface area contributed by atoms with Crippen molar-refractivity contribution in [2.24, 2.45) is 0 Å². The number of rotatable bonds is 8. The van der Waals surface area contributed by atoms with E-state index in [1.54, 1.807) is 36.4 Å². The van der Waals surface area contributed by atoms with Gasteiger partial charge in [-0.15, -0.1) is 0 Å². The van der Waals surface area contributed by atoms with Crippen LogP contribution in [0.4, 0.5) is 5.69 Å². The molecule has 4 aromatic carbocycles. The van der Waals surface area contributed by atoms with Crippen LogP contribution in [0.2, 0.25) is 0 Å². The van der Waals surface area contributed by atoms with Gasteiger partial charge in [0.1, 0.15) is 0 Å². The van der Waals surface area contributed by atoms with E-state index in [1.807, 2.05) is 42.5 Å². The van der Waals surface area contributed by atoms with Gasteiger partial charge in [-0.25, -0.2) is 4.90 Å².